The van der Waals surface area contributed by atoms with Gasteiger partial charge < -0.3 is 10.6 Å². The largest absolute Gasteiger partial charge is 0.342 e. The summed E-state index contributed by atoms with van der Waals surface area (Å²) in [6, 6.07) is -0.0828. The second-order valence-corrected chi connectivity index (χ2v) is 3.80. The van der Waals surface area contributed by atoms with Gasteiger partial charge in [0.1, 0.15) is 0 Å². The van der Waals surface area contributed by atoms with Gasteiger partial charge in [-0.1, -0.05) is 19.3 Å². The zero-order chi connectivity index (χ0) is 10.4. The summed E-state index contributed by atoms with van der Waals surface area (Å²) in [4.78, 5) is 11.5. The maximum atomic E-state index is 11.5. The molecule has 78 valence electrons. The van der Waals surface area contributed by atoms with Crippen molar-refractivity contribution in [3.8, 4) is 12.3 Å². The van der Waals surface area contributed by atoms with Gasteiger partial charge in [-0.2, -0.15) is 0 Å². The summed E-state index contributed by atoms with van der Waals surface area (Å²) < 4.78 is 0. The molecule has 3 heteroatoms. The Kier molecular flexibility index (Phi) is 4.48. The van der Waals surface area contributed by atoms with Crippen molar-refractivity contribution in [3.05, 3.63) is 0 Å². The van der Waals surface area contributed by atoms with Crippen molar-refractivity contribution < 1.29 is 4.79 Å². The van der Waals surface area contributed by atoms with Crippen LogP contribution in [0.15, 0.2) is 0 Å². The molecule has 1 aliphatic rings. The molecule has 0 saturated carbocycles. The second kappa shape index (κ2) is 5.66. The van der Waals surface area contributed by atoms with Crippen LogP contribution in [0.2, 0.25) is 0 Å². The summed E-state index contributed by atoms with van der Waals surface area (Å²) in [7, 11) is 0. The minimum Gasteiger partial charge on any atom is -0.342 e. The van der Waals surface area contributed by atoms with Gasteiger partial charge in [0.15, 0.2) is 0 Å². The van der Waals surface area contributed by atoms with E-state index in [1.54, 1.807) is 0 Å². The standard InChI is InChI=1S/C11H18N2O/c1-3-5-10(4-2)13-11(14)6-9-7-12-8-9/h2,9-10,12H,3,5-8H2,1H3,(H,13,14). The third-order valence-corrected chi connectivity index (χ3v) is 2.45. The lowest BCUT2D eigenvalue weighted by atomic mass is 9.99. The molecule has 0 spiro atoms. The molecule has 1 amide bonds. The van der Waals surface area contributed by atoms with Crippen molar-refractivity contribution in [2.75, 3.05) is 13.1 Å². The minimum atomic E-state index is -0.0828. The summed E-state index contributed by atoms with van der Waals surface area (Å²) >= 11 is 0. The number of carbonyl (C=O) groups excluding carboxylic acids is 1. The number of terminal acetylenes is 1. The van der Waals surface area contributed by atoms with Gasteiger partial charge in [0.2, 0.25) is 5.91 Å². The van der Waals surface area contributed by atoms with Crippen molar-refractivity contribution >= 4 is 5.91 Å². The Morgan fingerprint density at radius 1 is 1.71 bits per heavy atom. The molecule has 1 rings (SSSR count). The van der Waals surface area contributed by atoms with Crippen LogP contribution in [0.1, 0.15) is 26.2 Å². The van der Waals surface area contributed by atoms with Gasteiger partial charge in [-0.25, -0.2) is 0 Å². The van der Waals surface area contributed by atoms with Crippen LogP contribution in [0.25, 0.3) is 0 Å². The first-order valence-electron chi connectivity index (χ1n) is 5.22. The van der Waals surface area contributed by atoms with Crippen molar-refractivity contribution in [2.24, 2.45) is 5.92 Å². The summed E-state index contributed by atoms with van der Waals surface area (Å²) in [5.74, 6) is 3.20. The van der Waals surface area contributed by atoms with Crippen molar-refractivity contribution in [3.63, 3.8) is 0 Å². The molecule has 14 heavy (non-hydrogen) atoms. The molecule has 2 N–H and O–H groups in total. The first-order chi connectivity index (χ1) is 6.76. The van der Waals surface area contributed by atoms with E-state index in [-0.39, 0.29) is 11.9 Å². The van der Waals surface area contributed by atoms with Gasteiger partial charge in [-0.3, -0.25) is 4.79 Å². The third kappa shape index (κ3) is 3.39. The summed E-state index contributed by atoms with van der Waals surface area (Å²) in [6.07, 6.45) is 7.78. The fourth-order valence-corrected chi connectivity index (χ4v) is 1.49. The van der Waals surface area contributed by atoms with Crippen LogP contribution in [-0.4, -0.2) is 25.0 Å². The Bertz CT molecular complexity index is 228. The topological polar surface area (TPSA) is 41.1 Å². The van der Waals surface area contributed by atoms with E-state index in [4.69, 9.17) is 6.42 Å². The van der Waals surface area contributed by atoms with Crippen molar-refractivity contribution in [2.45, 2.75) is 32.2 Å². The molecule has 3 nitrogen and oxygen atoms in total. The summed E-state index contributed by atoms with van der Waals surface area (Å²) in [5.41, 5.74) is 0. The smallest absolute Gasteiger partial charge is 0.221 e. The highest BCUT2D eigenvalue weighted by Crippen LogP contribution is 2.08. The number of carbonyl (C=O) groups is 1. The lowest BCUT2D eigenvalue weighted by Crippen LogP contribution is -2.45. The van der Waals surface area contributed by atoms with E-state index < -0.39 is 0 Å². The fourth-order valence-electron chi connectivity index (χ4n) is 1.49. The van der Waals surface area contributed by atoms with Gasteiger partial charge >= 0.3 is 0 Å². The van der Waals surface area contributed by atoms with Gasteiger partial charge in [-0.05, 0) is 25.4 Å². The maximum absolute atomic E-state index is 11.5. The zero-order valence-electron chi connectivity index (χ0n) is 8.68. The lowest BCUT2D eigenvalue weighted by Gasteiger charge is -2.26. The first-order valence-corrected chi connectivity index (χ1v) is 5.22. The molecule has 0 aromatic rings. The van der Waals surface area contributed by atoms with E-state index in [1.165, 1.54) is 0 Å². The zero-order valence-corrected chi connectivity index (χ0v) is 8.68. The number of rotatable bonds is 5. The Balaban J connectivity index is 2.20. The molecule has 1 aliphatic heterocycles. The summed E-state index contributed by atoms with van der Waals surface area (Å²) in [5, 5.41) is 6.00. The van der Waals surface area contributed by atoms with Crippen LogP contribution in [0.4, 0.5) is 0 Å². The van der Waals surface area contributed by atoms with E-state index in [1.807, 2.05) is 0 Å². The van der Waals surface area contributed by atoms with E-state index in [0.717, 1.165) is 25.9 Å². The quantitative estimate of drug-likeness (QED) is 0.626. The van der Waals surface area contributed by atoms with Gasteiger partial charge in [-0.15, -0.1) is 6.42 Å². The van der Waals surface area contributed by atoms with Crippen LogP contribution < -0.4 is 10.6 Å². The van der Waals surface area contributed by atoms with Crippen LogP contribution in [0.3, 0.4) is 0 Å². The maximum Gasteiger partial charge on any atom is 0.221 e. The molecule has 0 aromatic heterocycles. The number of amides is 1. The molecule has 1 atom stereocenters. The molecule has 1 fully saturated rings. The van der Waals surface area contributed by atoms with Crippen molar-refractivity contribution in [1.29, 1.82) is 0 Å². The number of nitrogens with one attached hydrogen (secondary N) is 2. The van der Waals surface area contributed by atoms with Crippen molar-refractivity contribution in [1.82, 2.24) is 10.6 Å². The Hall–Kier alpha value is -1.01. The van der Waals surface area contributed by atoms with E-state index in [9.17, 15) is 4.79 Å². The minimum absolute atomic E-state index is 0.0828. The molecule has 0 aromatic carbocycles. The lowest BCUT2D eigenvalue weighted by molar-refractivity contribution is -0.122. The molecular weight excluding hydrogens is 176 g/mol. The Morgan fingerprint density at radius 2 is 2.43 bits per heavy atom. The number of hydrogen-bond acceptors (Lipinski definition) is 2. The second-order valence-electron chi connectivity index (χ2n) is 3.80. The Labute approximate surface area is 85.6 Å². The van der Waals surface area contributed by atoms with Crippen LogP contribution in [0.5, 0.6) is 0 Å². The van der Waals surface area contributed by atoms with E-state index >= 15 is 0 Å². The molecule has 1 heterocycles. The highest BCUT2D eigenvalue weighted by molar-refractivity contribution is 5.77. The molecule has 1 saturated heterocycles. The number of hydrogen-bond donors (Lipinski definition) is 2. The monoisotopic (exact) mass is 194 g/mol. The normalized spacial score (nSPS) is 18.0. The van der Waals surface area contributed by atoms with Crippen LogP contribution >= 0.6 is 0 Å². The van der Waals surface area contributed by atoms with Gasteiger partial charge in [0.05, 0.1) is 6.04 Å². The molecule has 0 aliphatic carbocycles. The molecule has 0 bridgehead atoms. The highest BCUT2D eigenvalue weighted by atomic mass is 16.1. The summed E-state index contributed by atoms with van der Waals surface area (Å²) in [6.45, 7) is 3.98. The van der Waals surface area contributed by atoms with Gasteiger partial charge in [0.25, 0.3) is 0 Å². The van der Waals surface area contributed by atoms with Crippen LogP contribution in [0, 0.1) is 18.3 Å². The molecule has 1 unspecified atom stereocenters. The van der Waals surface area contributed by atoms with Crippen LogP contribution in [-0.2, 0) is 4.79 Å². The fraction of sp³-hybridized carbons (Fsp3) is 0.727. The molecular formula is C11H18N2O. The average Bonchev–Trinajstić information content (AvgIpc) is 2.11. The highest BCUT2D eigenvalue weighted by Gasteiger charge is 2.20. The predicted octanol–water partition coefficient (Wildman–Crippen LogP) is 0.514. The third-order valence-electron chi connectivity index (χ3n) is 2.45. The average molecular weight is 194 g/mol. The first kappa shape index (κ1) is 11.1. The van der Waals surface area contributed by atoms with E-state index in [0.29, 0.717) is 12.3 Å². The van der Waals surface area contributed by atoms with Gasteiger partial charge in [0, 0.05) is 6.42 Å². The Morgan fingerprint density at radius 3 is 2.86 bits per heavy atom. The molecule has 0 radical (unpaired) electrons. The predicted molar refractivity (Wildman–Crippen MR) is 56.6 cm³/mol. The van der Waals surface area contributed by atoms with E-state index in [2.05, 4.69) is 23.5 Å². The SMILES string of the molecule is C#CC(CCC)NC(=O)CC1CNC1.